The Morgan fingerprint density at radius 2 is 1.22 bits per heavy atom. The first kappa shape index (κ1) is 17.8. The Hall–Kier alpha value is -0.166. The van der Waals surface area contributed by atoms with Crippen molar-refractivity contribution in [2.45, 2.75) is 59.2 Å². The van der Waals surface area contributed by atoms with Gasteiger partial charge in [-0.15, -0.1) is 5.75 Å². The minimum absolute atomic E-state index is 0. The quantitative estimate of drug-likeness (QED) is 0.725. The van der Waals surface area contributed by atoms with Crippen LogP contribution in [0.1, 0.15) is 50.7 Å². The summed E-state index contributed by atoms with van der Waals surface area (Å²) in [6.45, 7) is 15.4. The largest absolute Gasteiger partial charge is 1.00 e. The van der Waals surface area contributed by atoms with E-state index in [1.807, 2.05) is 0 Å². The molecule has 0 bridgehead atoms. The van der Waals surface area contributed by atoms with Crippen molar-refractivity contribution in [3.05, 3.63) is 23.3 Å². The molecule has 0 unspecified atom stereocenters. The summed E-state index contributed by atoms with van der Waals surface area (Å²) in [6.07, 6.45) is 0. The van der Waals surface area contributed by atoms with E-state index in [4.69, 9.17) is 0 Å². The predicted molar refractivity (Wildman–Crippen MR) is 77.0 cm³/mol. The Morgan fingerprint density at radius 3 is 1.44 bits per heavy atom. The van der Waals surface area contributed by atoms with Crippen LogP contribution in [-0.4, -0.2) is 8.07 Å². The van der Waals surface area contributed by atoms with Gasteiger partial charge in [0.2, 0.25) is 0 Å². The average Bonchev–Trinajstić information content (AvgIpc) is 2.14. The van der Waals surface area contributed by atoms with Crippen molar-refractivity contribution >= 4 is 13.3 Å². The van der Waals surface area contributed by atoms with Gasteiger partial charge in [-0.3, -0.25) is 0 Å². The van der Waals surface area contributed by atoms with Crippen LogP contribution in [0, 0.1) is 0 Å². The first-order valence-electron chi connectivity index (χ1n) is 6.50. The van der Waals surface area contributed by atoms with Crippen LogP contribution in [0.2, 0.25) is 19.6 Å². The summed E-state index contributed by atoms with van der Waals surface area (Å²) in [4.78, 5) is 0. The SMILES string of the molecule is CC(C)c1cc([Si](C)(C)C)cc(C(C)C)c1[O-].[Li+]. The predicted octanol–water partition coefficient (Wildman–Crippen LogP) is 0.556. The van der Waals surface area contributed by atoms with Crippen LogP contribution in [0.25, 0.3) is 0 Å². The maximum absolute atomic E-state index is 12.3. The maximum Gasteiger partial charge on any atom is 1.00 e. The Labute approximate surface area is 125 Å². The van der Waals surface area contributed by atoms with Crippen molar-refractivity contribution in [2.24, 2.45) is 0 Å². The number of benzene rings is 1. The van der Waals surface area contributed by atoms with Gasteiger partial charge >= 0.3 is 18.9 Å². The minimum Gasteiger partial charge on any atom is -0.872 e. The molecule has 0 saturated carbocycles. The second-order valence-corrected chi connectivity index (χ2v) is 11.6. The zero-order valence-electron chi connectivity index (χ0n) is 13.2. The number of rotatable bonds is 3. The molecule has 0 fully saturated rings. The summed E-state index contributed by atoms with van der Waals surface area (Å²) >= 11 is 0. The summed E-state index contributed by atoms with van der Waals surface area (Å²) in [5.41, 5.74) is 1.99. The number of hydrogen-bond acceptors (Lipinski definition) is 1. The van der Waals surface area contributed by atoms with Gasteiger partial charge in [-0.2, -0.15) is 0 Å². The molecule has 96 valence electrons. The maximum atomic E-state index is 12.3. The Morgan fingerprint density at radius 1 is 0.889 bits per heavy atom. The van der Waals surface area contributed by atoms with E-state index in [-0.39, 0.29) is 24.6 Å². The first-order chi connectivity index (χ1) is 7.64. The molecule has 0 radical (unpaired) electrons. The summed E-state index contributed by atoms with van der Waals surface area (Å²) in [6, 6.07) is 4.32. The molecule has 1 aromatic rings. The van der Waals surface area contributed by atoms with E-state index in [9.17, 15) is 5.11 Å². The van der Waals surface area contributed by atoms with Gasteiger partial charge in [-0.25, -0.2) is 0 Å². The van der Waals surface area contributed by atoms with E-state index >= 15 is 0 Å². The molecule has 0 aliphatic heterocycles. The second kappa shape index (κ2) is 6.32. The first-order valence-corrected chi connectivity index (χ1v) is 10.00. The molecule has 0 aliphatic rings. The Bertz CT molecular complexity index is 376. The number of hydrogen-bond donors (Lipinski definition) is 0. The van der Waals surface area contributed by atoms with Crippen LogP contribution in [0.3, 0.4) is 0 Å². The smallest absolute Gasteiger partial charge is 0.872 e. The van der Waals surface area contributed by atoms with Crippen LogP contribution in [0.15, 0.2) is 12.1 Å². The molecule has 0 amide bonds. The molecular weight excluding hydrogens is 231 g/mol. The van der Waals surface area contributed by atoms with Crippen LogP contribution < -0.4 is 29.2 Å². The Kier molecular flexibility index (Phi) is 6.27. The average molecular weight is 256 g/mol. The van der Waals surface area contributed by atoms with Gasteiger partial charge in [0.15, 0.2) is 0 Å². The zero-order chi connectivity index (χ0) is 13.4. The minimum atomic E-state index is -1.35. The van der Waals surface area contributed by atoms with Gasteiger partial charge in [-0.05, 0) is 11.8 Å². The topological polar surface area (TPSA) is 23.1 Å². The molecule has 0 aromatic heterocycles. The van der Waals surface area contributed by atoms with E-state index in [0.29, 0.717) is 11.8 Å². The van der Waals surface area contributed by atoms with Gasteiger partial charge in [0.25, 0.3) is 0 Å². The Balaban J connectivity index is 0.00000289. The van der Waals surface area contributed by atoms with Crippen molar-refractivity contribution in [1.29, 1.82) is 0 Å². The molecule has 0 aliphatic carbocycles. The van der Waals surface area contributed by atoms with E-state index in [2.05, 4.69) is 59.5 Å². The molecule has 18 heavy (non-hydrogen) atoms. The molecule has 1 nitrogen and oxygen atoms in total. The van der Waals surface area contributed by atoms with E-state index in [0.717, 1.165) is 11.1 Å². The molecule has 0 heterocycles. The molecule has 0 saturated heterocycles. The van der Waals surface area contributed by atoms with E-state index < -0.39 is 8.07 Å². The van der Waals surface area contributed by atoms with Crippen molar-refractivity contribution < 1.29 is 24.0 Å². The fourth-order valence-electron chi connectivity index (χ4n) is 1.97. The van der Waals surface area contributed by atoms with Gasteiger partial charge in [0.05, 0.1) is 8.07 Å². The third-order valence-electron chi connectivity index (χ3n) is 3.26. The van der Waals surface area contributed by atoms with Gasteiger partial charge < -0.3 is 5.11 Å². The van der Waals surface area contributed by atoms with Gasteiger partial charge in [0, 0.05) is 0 Å². The van der Waals surface area contributed by atoms with Crippen molar-refractivity contribution in [2.75, 3.05) is 0 Å². The van der Waals surface area contributed by atoms with Crippen LogP contribution in [0.4, 0.5) is 0 Å². The third-order valence-corrected chi connectivity index (χ3v) is 5.28. The van der Waals surface area contributed by atoms with Crippen LogP contribution >= 0.6 is 0 Å². The molecular formula is C15H25LiOSi. The molecule has 0 spiro atoms. The molecule has 1 rings (SSSR count). The zero-order valence-corrected chi connectivity index (χ0v) is 14.2. The second-order valence-electron chi connectivity index (χ2n) is 6.54. The fourth-order valence-corrected chi connectivity index (χ4v) is 3.14. The molecule has 0 atom stereocenters. The summed E-state index contributed by atoms with van der Waals surface area (Å²) in [5.74, 6) is 0.893. The fraction of sp³-hybridized carbons (Fsp3) is 0.600. The standard InChI is InChI=1S/C15H26OSi.Li/c1-10(2)13-8-12(17(5,6)7)9-14(11(3)4)15(13)16;/h8-11,16H,1-7H3;/q;+1/p-1. The van der Waals surface area contributed by atoms with Crippen LogP contribution in [-0.2, 0) is 0 Å². The molecule has 0 N–H and O–H groups in total. The normalized spacial score (nSPS) is 11.8. The molecule has 1 aromatic carbocycles. The monoisotopic (exact) mass is 256 g/mol. The van der Waals surface area contributed by atoms with E-state index in [1.54, 1.807) is 0 Å². The van der Waals surface area contributed by atoms with E-state index in [1.165, 1.54) is 5.19 Å². The summed E-state index contributed by atoms with van der Waals surface area (Å²) in [7, 11) is -1.35. The van der Waals surface area contributed by atoms with Crippen LogP contribution in [0.5, 0.6) is 5.75 Å². The third kappa shape index (κ3) is 3.91. The van der Waals surface area contributed by atoms with Gasteiger partial charge in [0.1, 0.15) is 0 Å². The van der Waals surface area contributed by atoms with Crippen molar-refractivity contribution in [3.63, 3.8) is 0 Å². The molecule has 3 heteroatoms. The van der Waals surface area contributed by atoms with Gasteiger partial charge in [-0.1, -0.05) is 75.8 Å². The van der Waals surface area contributed by atoms with Crippen molar-refractivity contribution in [1.82, 2.24) is 0 Å². The van der Waals surface area contributed by atoms with Crippen molar-refractivity contribution in [3.8, 4) is 5.75 Å². The summed E-state index contributed by atoms with van der Waals surface area (Å²) < 4.78 is 0. The summed E-state index contributed by atoms with van der Waals surface area (Å²) in [5, 5.41) is 13.8.